The molecular formula is C40H82Cl2OSi. The van der Waals surface area contributed by atoms with Crippen LogP contribution in [0.5, 0.6) is 0 Å². The highest BCUT2D eigenvalue weighted by Crippen LogP contribution is 2.18. The summed E-state index contributed by atoms with van der Waals surface area (Å²) in [4.78, 5) is 0. The van der Waals surface area contributed by atoms with Gasteiger partial charge in [0, 0.05) is 6.61 Å². The minimum absolute atomic E-state index is 0.372. The van der Waals surface area contributed by atoms with E-state index >= 15 is 0 Å². The highest BCUT2D eigenvalue weighted by atomic mass is 35.7. The summed E-state index contributed by atoms with van der Waals surface area (Å²) in [5.74, 6) is 0. The topological polar surface area (TPSA) is 20.2 Å². The minimum Gasteiger partial charge on any atom is -0.396 e. The summed E-state index contributed by atoms with van der Waals surface area (Å²) in [6.07, 6.45) is 54.2. The Balaban J connectivity index is 3.03. The third-order valence-electron chi connectivity index (χ3n) is 9.83. The normalized spacial score (nSPS) is 11.7. The van der Waals surface area contributed by atoms with Gasteiger partial charge < -0.3 is 5.11 Å². The van der Waals surface area contributed by atoms with E-state index in [4.69, 9.17) is 27.3 Å². The fraction of sp³-hybridized carbons (Fsp3) is 1.00. The molecule has 0 aromatic rings. The Morgan fingerprint density at radius 1 is 0.227 bits per heavy atom. The van der Waals surface area contributed by atoms with Gasteiger partial charge in [-0.25, -0.2) is 0 Å². The van der Waals surface area contributed by atoms with Crippen molar-refractivity contribution in [1.82, 2.24) is 0 Å². The van der Waals surface area contributed by atoms with Crippen LogP contribution in [0.15, 0.2) is 0 Å². The molecule has 266 valence electrons. The molecule has 0 spiro atoms. The van der Waals surface area contributed by atoms with Crippen molar-refractivity contribution in [3.05, 3.63) is 0 Å². The second-order valence-electron chi connectivity index (χ2n) is 14.3. The van der Waals surface area contributed by atoms with Gasteiger partial charge in [0.1, 0.15) is 0 Å². The van der Waals surface area contributed by atoms with Crippen LogP contribution in [0.2, 0.25) is 6.04 Å². The first-order valence-corrected chi connectivity index (χ1v) is 25.0. The lowest BCUT2D eigenvalue weighted by Gasteiger charge is -2.05. The lowest BCUT2D eigenvalue weighted by molar-refractivity contribution is 0.282. The molecule has 0 bridgehead atoms. The number of aliphatic hydroxyl groups is 1. The predicted octanol–water partition coefficient (Wildman–Crippen LogP) is 15.5. The molecule has 0 fully saturated rings. The van der Waals surface area contributed by atoms with Gasteiger partial charge >= 0.3 is 0 Å². The van der Waals surface area contributed by atoms with E-state index in [1.54, 1.807) is 0 Å². The summed E-state index contributed by atoms with van der Waals surface area (Å²) in [7, 11) is -1.34. The van der Waals surface area contributed by atoms with Crippen molar-refractivity contribution in [1.29, 1.82) is 0 Å². The Labute approximate surface area is 290 Å². The summed E-state index contributed by atoms with van der Waals surface area (Å²) in [5.41, 5.74) is 0. The van der Waals surface area contributed by atoms with Crippen molar-refractivity contribution < 1.29 is 5.11 Å². The molecule has 0 atom stereocenters. The number of hydrogen-bond acceptors (Lipinski definition) is 1. The van der Waals surface area contributed by atoms with Gasteiger partial charge in [-0.05, 0) is 12.5 Å². The maximum atomic E-state index is 8.80. The SMILES string of the molecule is OCCCCCCCCCCCCCCCCCCCCCCCCCCCCCCCCCCCCCCCC[SiH](Cl)Cl. The number of rotatable bonds is 40. The highest BCUT2D eigenvalue weighted by molar-refractivity contribution is 7.33. The van der Waals surface area contributed by atoms with Crippen molar-refractivity contribution in [3.63, 3.8) is 0 Å². The Kier molecular flexibility index (Phi) is 42.5. The van der Waals surface area contributed by atoms with Gasteiger partial charge in [0.25, 0.3) is 0 Å². The molecule has 0 aromatic carbocycles. The third kappa shape index (κ3) is 42.8. The second kappa shape index (κ2) is 41.8. The van der Waals surface area contributed by atoms with Gasteiger partial charge in [-0.1, -0.05) is 238 Å². The van der Waals surface area contributed by atoms with Crippen molar-refractivity contribution in [2.45, 2.75) is 250 Å². The van der Waals surface area contributed by atoms with Crippen LogP contribution in [0, 0.1) is 0 Å². The first-order chi connectivity index (χ1) is 21.8. The standard InChI is InChI=1S/C40H82Cl2OSi/c41-44(42)40-38-36-34-32-30-28-26-24-22-20-18-16-14-12-10-8-6-4-2-1-3-5-7-9-11-13-15-17-19-21-23-25-27-29-31-33-35-37-39-43/h43-44H,1-40H2. The Hall–Kier alpha value is 0.757. The molecular weight excluding hydrogens is 595 g/mol. The quantitative estimate of drug-likeness (QED) is 0.0389. The average molecular weight is 678 g/mol. The monoisotopic (exact) mass is 677 g/mol. The maximum absolute atomic E-state index is 8.80. The zero-order chi connectivity index (χ0) is 31.9. The lowest BCUT2D eigenvalue weighted by atomic mass is 10.0. The van der Waals surface area contributed by atoms with Crippen molar-refractivity contribution >= 4 is 29.6 Å². The van der Waals surface area contributed by atoms with Crippen LogP contribution < -0.4 is 0 Å². The summed E-state index contributed by atoms with van der Waals surface area (Å²) in [6.45, 7) is 0.372. The van der Waals surface area contributed by atoms with Crippen LogP contribution in [0.3, 0.4) is 0 Å². The van der Waals surface area contributed by atoms with Crippen LogP contribution >= 0.6 is 22.2 Å². The Morgan fingerprint density at radius 3 is 0.500 bits per heavy atom. The minimum atomic E-state index is -1.34. The van der Waals surface area contributed by atoms with Gasteiger partial charge in [-0.15, -0.1) is 0 Å². The summed E-state index contributed by atoms with van der Waals surface area (Å²) < 4.78 is 0. The molecule has 1 N–H and O–H groups in total. The Bertz CT molecular complexity index is 490. The number of halogens is 2. The summed E-state index contributed by atoms with van der Waals surface area (Å²) in [5, 5.41) is 8.80. The van der Waals surface area contributed by atoms with E-state index in [0.717, 1.165) is 12.5 Å². The fourth-order valence-corrected chi connectivity index (χ4v) is 8.30. The van der Waals surface area contributed by atoms with E-state index in [2.05, 4.69) is 0 Å². The Morgan fingerprint density at radius 2 is 0.364 bits per heavy atom. The van der Waals surface area contributed by atoms with Gasteiger partial charge in [0.15, 0.2) is 0 Å². The molecule has 0 rings (SSSR count). The van der Waals surface area contributed by atoms with Crippen molar-refractivity contribution in [2.24, 2.45) is 0 Å². The predicted molar refractivity (Wildman–Crippen MR) is 206 cm³/mol. The van der Waals surface area contributed by atoms with Crippen molar-refractivity contribution in [3.8, 4) is 0 Å². The smallest absolute Gasteiger partial charge is 0.237 e. The molecule has 0 unspecified atom stereocenters. The lowest BCUT2D eigenvalue weighted by Crippen LogP contribution is -1.91. The van der Waals surface area contributed by atoms with Gasteiger partial charge in [0.2, 0.25) is 7.42 Å². The number of hydrogen-bond donors (Lipinski definition) is 1. The van der Waals surface area contributed by atoms with Crippen LogP contribution in [0.4, 0.5) is 0 Å². The van der Waals surface area contributed by atoms with E-state index in [-0.39, 0.29) is 0 Å². The van der Waals surface area contributed by atoms with E-state index in [1.807, 2.05) is 0 Å². The zero-order valence-electron chi connectivity index (χ0n) is 30.1. The van der Waals surface area contributed by atoms with Crippen LogP contribution in [0.25, 0.3) is 0 Å². The third-order valence-corrected chi connectivity index (χ3v) is 12.0. The molecule has 0 aromatic heterocycles. The maximum Gasteiger partial charge on any atom is 0.237 e. The highest BCUT2D eigenvalue weighted by Gasteiger charge is 2.01. The summed E-state index contributed by atoms with van der Waals surface area (Å²) in [6, 6.07) is 1.10. The molecule has 0 amide bonds. The van der Waals surface area contributed by atoms with E-state index in [9.17, 15) is 0 Å². The number of unbranched alkanes of at least 4 members (excludes halogenated alkanes) is 37. The fourth-order valence-electron chi connectivity index (χ4n) is 6.77. The zero-order valence-corrected chi connectivity index (χ0v) is 32.7. The molecule has 0 aliphatic carbocycles. The van der Waals surface area contributed by atoms with Crippen molar-refractivity contribution in [2.75, 3.05) is 6.61 Å². The van der Waals surface area contributed by atoms with Gasteiger partial charge in [0.05, 0.1) is 0 Å². The molecule has 0 aliphatic rings. The van der Waals surface area contributed by atoms with E-state index in [1.165, 1.54) is 238 Å². The molecule has 0 radical (unpaired) electrons. The molecule has 0 heterocycles. The molecule has 1 nitrogen and oxygen atoms in total. The van der Waals surface area contributed by atoms with Crippen LogP contribution in [0.1, 0.15) is 244 Å². The molecule has 0 aliphatic heterocycles. The van der Waals surface area contributed by atoms with E-state index in [0.29, 0.717) is 6.61 Å². The molecule has 0 saturated carbocycles. The van der Waals surface area contributed by atoms with Gasteiger partial charge in [-0.3, -0.25) is 0 Å². The molecule has 44 heavy (non-hydrogen) atoms. The first kappa shape index (κ1) is 44.8. The second-order valence-corrected chi connectivity index (χ2v) is 19.5. The summed E-state index contributed by atoms with van der Waals surface area (Å²) >= 11 is 11.8. The van der Waals surface area contributed by atoms with Crippen LogP contribution in [-0.4, -0.2) is 19.1 Å². The molecule has 0 saturated heterocycles. The average Bonchev–Trinajstić information content (AvgIpc) is 3.02. The van der Waals surface area contributed by atoms with E-state index < -0.39 is 7.42 Å². The largest absolute Gasteiger partial charge is 0.396 e. The van der Waals surface area contributed by atoms with Crippen LogP contribution in [-0.2, 0) is 0 Å². The van der Waals surface area contributed by atoms with Gasteiger partial charge in [-0.2, -0.15) is 22.2 Å². The first-order valence-electron chi connectivity index (χ1n) is 20.7. The number of aliphatic hydroxyl groups excluding tert-OH is 1. The molecule has 4 heteroatoms.